The van der Waals surface area contributed by atoms with Crippen molar-refractivity contribution in [1.29, 1.82) is 0 Å². The Morgan fingerprint density at radius 3 is 2.41 bits per heavy atom. The molecule has 1 aliphatic heterocycles. The normalized spacial score (nSPS) is 16.2. The topological polar surface area (TPSA) is 61.8 Å². The predicted molar refractivity (Wildman–Crippen MR) is 148 cm³/mol. The number of fused-ring (bicyclic) bond motifs is 1. The van der Waals surface area contributed by atoms with Gasteiger partial charge < -0.3 is 10.2 Å². The first kappa shape index (κ1) is 26.6. The van der Waals surface area contributed by atoms with Gasteiger partial charge in [0.1, 0.15) is 18.4 Å². The Balaban J connectivity index is 1.75. The summed E-state index contributed by atoms with van der Waals surface area (Å²) < 4.78 is 15.0. The van der Waals surface area contributed by atoms with E-state index in [-0.39, 0.29) is 29.8 Å². The SMILES string of the molecule is CCC(C)C1N=C(c2ccccc2F)c2cc(Cl)ccc2N(CC(=O)Nc2ccc(C(C)C)cc2)C1=O. The molecule has 4 rings (SSSR count). The van der Waals surface area contributed by atoms with Gasteiger partial charge in [0.05, 0.1) is 11.4 Å². The van der Waals surface area contributed by atoms with Crippen molar-refractivity contribution >= 4 is 40.5 Å². The number of amides is 2. The number of benzene rings is 3. The molecule has 192 valence electrons. The average Bonchev–Trinajstić information content (AvgIpc) is 2.99. The number of anilines is 2. The quantitative estimate of drug-likeness (QED) is 0.371. The van der Waals surface area contributed by atoms with Crippen molar-refractivity contribution in [1.82, 2.24) is 0 Å². The van der Waals surface area contributed by atoms with Crippen molar-refractivity contribution in [2.24, 2.45) is 10.9 Å². The molecule has 0 spiro atoms. The standard InChI is InChI=1S/C30H31ClFN3O2/c1-5-19(4)28-30(37)35(17-27(36)33-22-13-10-20(11-14-22)18(2)3)26-15-12-21(31)16-24(26)29(34-28)23-8-6-7-9-25(23)32/h6-16,18-19,28H,5,17H2,1-4H3,(H,33,36). The van der Waals surface area contributed by atoms with Crippen LogP contribution in [0.25, 0.3) is 0 Å². The molecule has 1 heterocycles. The number of benzodiazepines with no additional fused rings is 1. The summed E-state index contributed by atoms with van der Waals surface area (Å²) in [4.78, 5) is 33.3. The van der Waals surface area contributed by atoms with Crippen molar-refractivity contribution in [3.63, 3.8) is 0 Å². The fourth-order valence-corrected chi connectivity index (χ4v) is 4.57. The number of carbonyl (C=O) groups is 2. The van der Waals surface area contributed by atoms with Crippen molar-refractivity contribution < 1.29 is 14.0 Å². The minimum absolute atomic E-state index is 0.131. The molecule has 2 atom stereocenters. The Labute approximate surface area is 222 Å². The lowest BCUT2D eigenvalue weighted by molar-refractivity contribution is -0.123. The van der Waals surface area contributed by atoms with E-state index in [9.17, 15) is 14.0 Å². The third kappa shape index (κ3) is 5.75. The Bertz CT molecular complexity index is 1340. The van der Waals surface area contributed by atoms with Crippen LogP contribution in [0.2, 0.25) is 5.02 Å². The van der Waals surface area contributed by atoms with Crippen LogP contribution in [0.4, 0.5) is 15.8 Å². The number of nitrogens with zero attached hydrogens (tertiary/aromatic N) is 2. The van der Waals surface area contributed by atoms with Gasteiger partial charge >= 0.3 is 0 Å². The highest BCUT2D eigenvalue weighted by Crippen LogP contribution is 2.33. The Hall–Kier alpha value is -3.51. The number of carbonyl (C=O) groups excluding carboxylic acids is 2. The third-order valence-electron chi connectivity index (χ3n) is 6.77. The lowest BCUT2D eigenvalue weighted by atomic mass is 9.97. The molecule has 1 aliphatic rings. The van der Waals surface area contributed by atoms with Crippen LogP contribution in [0.5, 0.6) is 0 Å². The second-order valence-electron chi connectivity index (χ2n) is 9.70. The van der Waals surface area contributed by atoms with Crippen LogP contribution in [0, 0.1) is 11.7 Å². The van der Waals surface area contributed by atoms with E-state index >= 15 is 0 Å². The van der Waals surface area contributed by atoms with Crippen molar-refractivity contribution in [3.8, 4) is 0 Å². The van der Waals surface area contributed by atoms with Crippen LogP contribution in [-0.2, 0) is 9.59 Å². The summed E-state index contributed by atoms with van der Waals surface area (Å²) in [7, 11) is 0. The molecular weight excluding hydrogens is 489 g/mol. The number of halogens is 2. The Morgan fingerprint density at radius 1 is 1.05 bits per heavy atom. The van der Waals surface area contributed by atoms with E-state index in [1.165, 1.54) is 16.5 Å². The predicted octanol–water partition coefficient (Wildman–Crippen LogP) is 6.84. The van der Waals surface area contributed by atoms with Gasteiger partial charge in [-0.05, 0) is 59.9 Å². The van der Waals surface area contributed by atoms with Gasteiger partial charge in [0.2, 0.25) is 5.91 Å². The van der Waals surface area contributed by atoms with Crippen LogP contribution < -0.4 is 10.2 Å². The molecule has 2 unspecified atom stereocenters. The average molecular weight is 520 g/mol. The van der Waals surface area contributed by atoms with Gasteiger partial charge in [0, 0.05) is 21.8 Å². The molecule has 0 bridgehead atoms. The molecule has 0 aliphatic carbocycles. The second-order valence-corrected chi connectivity index (χ2v) is 10.1. The first-order valence-electron chi connectivity index (χ1n) is 12.5. The van der Waals surface area contributed by atoms with E-state index in [1.807, 2.05) is 38.1 Å². The van der Waals surface area contributed by atoms with E-state index < -0.39 is 11.9 Å². The second kappa shape index (κ2) is 11.3. The summed E-state index contributed by atoms with van der Waals surface area (Å²) in [5.74, 6) is -0.853. The first-order chi connectivity index (χ1) is 17.7. The van der Waals surface area contributed by atoms with E-state index in [0.29, 0.717) is 40.0 Å². The maximum atomic E-state index is 15.0. The Kier molecular flexibility index (Phi) is 8.08. The summed E-state index contributed by atoms with van der Waals surface area (Å²) >= 11 is 6.35. The zero-order valence-electron chi connectivity index (χ0n) is 21.5. The number of nitrogens with one attached hydrogen (secondary N) is 1. The highest BCUT2D eigenvalue weighted by Gasteiger charge is 2.36. The summed E-state index contributed by atoms with van der Waals surface area (Å²) in [5, 5.41) is 3.32. The van der Waals surface area contributed by atoms with Crippen LogP contribution in [0.3, 0.4) is 0 Å². The fraction of sp³-hybridized carbons (Fsp3) is 0.300. The van der Waals surface area contributed by atoms with Crippen molar-refractivity contribution in [3.05, 3.63) is 94.3 Å². The highest BCUT2D eigenvalue weighted by molar-refractivity contribution is 6.32. The van der Waals surface area contributed by atoms with Gasteiger partial charge in [-0.1, -0.05) is 70.0 Å². The molecule has 0 aromatic heterocycles. The molecule has 0 saturated carbocycles. The molecule has 0 fully saturated rings. The lowest BCUT2D eigenvalue weighted by Crippen LogP contribution is -2.44. The van der Waals surface area contributed by atoms with E-state index in [0.717, 1.165) is 0 Å². The largest absolute Gasteiger partial charge is 0.325 e. The van der Waals surface area contributed by atoms with Crippen LogP contribution >= 0.6 is 11.6 Å². The van der Waals surface area contributed by atoms with Gasteiger partial charge in [-0.15, -0.1) is 0 Å². The number of hydrogen-bond acceptors (Lipinski definition) is 3. The summed E-state index contributed by atoms with van der Waals surface area (Å²) in [6.07, 6.45) is 0.684. The summed E-state index contributed by atoms with van der Waals surface area (Å²) in [5.41, 5.74) is 3.42. The monoisotopic (exact) mass is 519 g/mol. The minimum Gasteiger partial charge on any atom is -0.325 e. The highest BCUT2D eigenvalue weighted by atomic mass is 35.5. The molecule has 3 aromatic carbocycles. The van der Waals surface area contributed by atoms with Gasteiger partial charge in [0.15, 0.2) is 0 Å². The first-order valence-corrected chi connectivity index (χ1v) is 12.9. The smallest absolute Gasteiger partial charge is 0.252 e. The molecule has 0 radical (unpaired) electrons. The lowest BCUT2D eigenvalue weighted by Gasteiger charge is -2.26. The van der Waals surface area contributed by atoms with E-state index in [4.69, 9.17) is 16.6 Å². The minimum atomic E-state index is -0.788. The van der Waals surface area contributed by atoms with Crippen molar-refractivity contribution in [2.75, 3.05) is 16.8 Å². The van der Waals surface area contributed by atoms with Crippen LogP contribution in [0.15, 0.2) is 71.7 Å². The van der Waals surface area contributed by atoms with Crippen LogP contribution in [0.1, 0.15) is 56.7 Å². The summed E-state index contributed by atoms with van der Waals surface area (Å²) in [6.45, 7) is 7.90. The molecular formula is C30H31ClFN3O2. The fourth-order valence-electron chi connectivity index (χ4n) is 4.40. The van der Waals surface area contributed by atoms with E-state index in [2.05, 4.69) is 19.2 Å². The molecule has 1 N–H and O–H groups in total. The molecule has 2 amide bonds. The van der Waals surface area contributed by atoms with E-state index in [1.54, 1.807) is 36.4 Å². The molecule has 7 heteroatoms. The molecule has 0 saturated heterocycles. The third-order valence-corrected chi connectivity index (χ3v) is 7.00. The zero-order chi connectivity index (χ0) is 26.7. The number of hydrogen-bond donors (Lipinski definition) is 1. The van der Waals surface area contributed by atoms with Crippen molar-refractivity contribution in [2.45, 2.75) is 46.1 Å². The van der Waals surface area contributed by atoms with Gasteiger partial charge in [-0.3, -0.25) is 14.6 Å². The summed E-state index contributed by atoms with van der Waals surface area (Å²) in [6, 6.07) is 18.2. The maximum absolute atomic E-state index is 15.0. The molecule has 3 aromatic rings. The number of rotatable bonds is 7. The maximum Gasteiger partial charge on any atom is 0.252 e. The molecule has 5 nitrogen and oxygen atoms in total. The molecule has 37 heavy (non-hydrogen) atoms. The van der Waals surface area contributed by atoms with Gasteiger partial charge in [0.25, 0.3) is 5.91 Å². The zero-order valence-corrected chi connectivity index (χ0v) is 22.2. The van der Waals surface area contributed by atoms with Gasteiger partial charge in [-0.2, -0.15) is 0 Å². The van der Waals surface area contributed by atoms with Crippen LogP contribution in [-0.4, -0.2) is 30.1 Å². The Morgan fingerprint density at radius 2 is 1.76 bits per heavy atom. The number of aliphatic imine (C=N–C) groups is 1. The van der Waals surface area contributed by atoms with Gasteiger partial charge in [-0.25, -0.2) is 4.39 Å².